The Morgan fingerprint density at radius 3 is 2.71 bits per heavy atom. The Bertz CT molecular complexity index is 708. The number of aromatic nitrogens is 1. The van der Waals surface area contributed by atoms with Crippen molar-refractivity contribution in [3.05, 3.63) is 53.4 Å². The lowest BCUT2D eigenvalue weighted by molar-refractivity contribution is 1.40. The van der Waals surface area contributed by atoms with Crippen molar-refractivity contribution in [1.82, 2.24) is 4.98 Å². The molecule has 80 valence electrons. The highest BCUT2D eigenvalue weighted by Gasteiger charge is 2.07. The third-order valence-electron chi connectivity index (χ3n) is 2.63. The minimum Gasteiger partial charge on any atom is -0.237 e. The van der Waals surface area contributed by atoms with Crippen molar-refractivity contribution < 1.29 is 0 Å². The van der Waals surface area contributed by atoms with Gasteiger partial charge in [0.1, 0.15) is 4.83 Å². The van der Waals surface area contributed by atoms with Gasteiger partial charge in [0.05, 0.1) is 17.3 Å². The van der Waals surface area contributed by atoms with Crippen LogP contribution in [0.2, 0.25) is 0 Å². The maximum Gasteiger partial charge on any atom is 0.125 e. The lowest BCUT2D eigenvalue weighted by atomic mass is 10.1. The number of hydrogen-bond acceptors (Lipinski definition) is 3. The monoisotopic (exact) mass is 236 g/mol. The molecular weight excluding hydrogens is 228 g/mol. The first kappa shape index (κ1) is 10.0. The molecular formula is C14H8N2S. The Labute approximate surface area is 103 Å². The molecule has 17 heavy (non-hydrogen) atoms. The van der Waals surface area contributed by atoms with Crippen LogP contribution in [0.1, 0.15) is 5.56 Å². The van der Waals surface area contributed by atoms with Gasteiger partial charge < -0.3 is 0 Å². The zero-order chi connectivity index (χ0) is 11.7. The minimum absolute atomic E-state index is 0.690. The van der Waals surface area contributed by atoms with Crippen LogP contribution in [0.3, 0.4) is 0 Å². The van der Waals surface area contributed by atoms with Crippen molar-refractivity contribution in [2.45, 2.75) is 0 Å². The summed E-state index contributed by atoms with van der Waals surface area (Å²) in [6.45, 7) is 0. The molecule has 1 aromatic carbocycles. The van der Waals surface area contributed by atoms with Gasteiger partial charge in [-0.2, -0.15) is 5.26 Å². The highest BCUT2D eigenvalue weighted by Crippen LogP contribution is 2.27. The average molecular weight is 236 g/mol. The molecule has 3 aromatic rings. The third-order valence-corrected chi connectivity index (χ3v) is 3.43. The molecule has 2 nitrogen and oxygen atoms in total. The second-order valence-corrected chi connectivity index (χ2v) is 4.57. The Morgan fingerprint density at radius 1 is 1.12 bits per heavy atom. The molecule has 2 aromatic heterocycles. The molecule has 0 unspecified atom stereocenters. The second-order valence-electron chi connectivity index (χ2n) is 3.67. The van der Waals surface area contributed by atoms with E-state index in [0.717, 1.165) is 21.5 Å². The van der Waals surface area contributed by atoms with Crippen LogP contribution in [-0.2, 0) is 0 Å². The number of nitriles is 1. The van der Waals surface area contributed by atoms with E-state index in [1.807, 2.05) is 47.8 Å². The summed E-state index contributed by atoms with van der Waals surface area (Å²) in [5.41, 5.74) is 2.59. The van der Waals surface area contributed by atoms with Gasteiger partial charge in [0.15, 0.2) is 0 Å². The van der Waals surface area contributed by atoms with Crippen LogP contribution in [0.15, 0.2) is 47.8 Å². The van der Waals surface area contributed by atoms with Crippen LogP contribution in [-0.4, -0.2) is 4.98 Å². The minimum atomic E-state index is 0.690. The predicted molar refractivity (Wildman–Crippen MR) is 69.8 cm³/mol. The summed E-state index contributed by atoms with van der Waals surface area (Å²) in [7, 11) is 0. The molecule has 0 spiro atoms. The summed E-state index contributed by atoms with van der Waals surface area (Å²) in [6.07, 6.45) is 0. The van der Waals surface area contributed by atoms with Crippen molar-refractivity contribution in [1.29, 1.82) is 5.26 Å². The van der Waals surface area contributed by atoms with Gasteiger partial charge in [0.2, 0.25) is 0 Å². The molecule has 0 atom stereocenters. The van der Waals surface area contributed by atoms with E-state index in [0.29, 0.717) is 5.56 Å². The van der Waals surface area contributed by atoms with E-state index in [9.17, 15) is 0 Å². The highest BCUT2D eigenvalue weighted by molar-refractivity contribution is 7.16. The van der Waals surface area contributed by atoms with Crippen LogP contribution in [0.4, 0.5) is 0 Å². The molecule has 0 bridgehead atoms. The number of thiophene rings is 1. The number of fused-ring (bicyclic) bond motifs is 1. The van der Waals surface area contributed by atoms with Crippen LogP contribution in [0.25, 0.3) is 21.5 Å². The quantitative estimate of drug-likeness (QED) is 0.643. The summed E-state index contributed by atoms with van der Waals surface area (Å²) in [5, 5.41) is 12.1. The molecule has 0 saturated heterocycles. The fourth-order valence-electron chi connectivity index (χ4n) is 1.80. The molecule has 3 rings (SSSR count). The first-order chi connectivity index (χ1) is 8.38. The lowest BCUT2D eigenvalue weighted by Gasteiger charge is -2.02. The van der Waals surface area contributed by atoms with Gasteiger partial charge in [-0.3, -0.25) is 0 Å². The van der Waals surface area contributed by atoms with Crippen LogP contribution in [0, 0.1) is 11.3 Å². The topological polar surface area (TPSA) is 36.7 Å². The van der Waals surface area contributed by atoms with Crippen molar-refractivity contribution in [3.8, 4) is 17.3 Å². The third kappa shape index (κ3) is 1.69. The maximum atomic E-state index is 9.15. The van der Waals surface area contributed by atoms with Gasteiger partial charge >= 0.3 is 0 Å². The lowest BCUT2D eigenvalue weighted by Crippen LogP contribution is -1.86. The molecule has 0 aliphatic rings. The van der Waals surface area contributed by atoms with Gasteiger partial charge in [-0.15, -0.1) is 11.3 Å². The van der Waals surface area contributed by atoms with Gasteiger partial charge in [0.25, 0.3) is 0 Å². The van der Waals surface area contributed by atoms with Crippen molar-refractivity contribution in [3.63, 3.8) is 0 Å². The zero-order valence-electron chi connectivity index (χ0n) is 8.92. The molecule has 0 saturated carbocycles. The van der Waals surface area contributed by atoms with E-state index < -0.39 is 0 Å². The Hall–Kier alpha value is -2.18. The molecule has 3 heteroatoms. The van der Waals surface area contributed by atoms with E-state index in [1.54, 1.807) is 11.3 Å². The Kier molecular flexibility index (Phi) is 2.36. The largest absolute Gasteiger partial charge is 0.237 e. The first-order valence-electron chi connectivity index (χ1n) is 5.22. The van der Waals surface area contributed by atoms with Gasteiger partial charge in [-0.25, -0.2) is 4.98 Å². The average Bonchev–Trinajstić information content (AvgIpc) is 2.86. The zero-order valence-corrected chi connectivity index (χ0v) is 9.74. The van der Waals surface area contributed by atoms with Gasteiger partial charge in [-0.1, -0.05) is 30.3 Å². The molecule has 2 heterocycles. The summed E-state index contributed by atoms with van der Waals surface area (Å²) >= 11 is 1.56. The molecule has 0 aliphatic carbocycles. The highest BCUT2D eigenvalue weighted by atomic mass is 32.1. The SMILES string of the molecule is N#Cc1cc(-c2ccccc2)nc2sccc12. The normalized spacial score (nSPS) is 10.3. The smallest absolute Gasteiger partial charge is 0.125 e. The Morgan fingerprint density at radius 2 is 1.94 bits per heavy atom. The second kappa shape index (κ2) is 4.00. The summed E-state index contributed by atoms with van der Waals surface area (Å²) in [4.78, 5) is 5.50. The number of pyridine rings is 1. The van der Waals surface area contributed by atoms with Crippen LogP contribution < -0.4 is 0 Å². The molecule has 0 amide bonds. The summed E-state index contributed by atoms with van der Waals surface area (Å²) < 4.78 is 0. The number of nitrogens with zero attached hydrogens (tertiary/aromatic N) is 2. The van der Waals surface area contributed by atoms with Crippen LogP contribution in [0.5, 0.6) is 0 Å². The van der Waals surface area contributed by atoms with Crippen molar-refractivity contribution in [2.24, 2.45) is 0 Å². The van der Waals surface area contributed by atoms with Crippen molar-refractivity contribution in [2.75, 3.05) is 0 Å². The van der Waals surface area contributed by atoms with E-state index in [1.165, 1.54) is 0 Å². The standard InChI is InChI=1S/C14H8N2S/c15-9-11-8-13(10-4-2-1-3-5-10)16-14-12(11)6-7-17-14/h1-8H. The number of hydrogen-bond donors (Lipinski definition) is 0. The van der Waals surface area contributed by atoms with E-state index in [4.69, 9.17) is 5.26 Å². The number of rotatable bonds is 1. The van der Waals surface area contributed by atoms with E-state index in [2.05, 4.69) is 11.1 Å². The fourth-order valence-corrected chi connectivity index (χ4v) is 2.59. The molecule has 0 fully saturated rings. The molecule has 0 radical (unpaired) electrons. The summed E-state index contributed by atoms with van der Waals surface area (Å²) in [5.74, 6) is 0. The first-order valence-corrected chi connectivity index (χ1v) is 6.10. The molecule has 0 N–H and O–H groups in total. The van der Waals surface area contributed by atoms with Crippen molar-refractivity contribution >= 4 is 21.6 Å². The van der Waals surface area contributed by atoms with E-state index in [-0.39, 0.29) is 0 Å². The maximum absolute atomic E-state index is 9.15. The number of benzene rings is 1. The van der Waals surface area contributed by atoms with E-state index >= 15 is 0 Å². The fraction of sp³-hybridized carbons (Fsp3) is 0. The van der Waals surface area contributed by atoms with Gasteiger partial charge in [-0.05, 0) is 17.5 Å². The Balaban J connectivity index is 2.29. The molecule has 0 aliphatic heterocycles. The van der Waals surface area contributed by atoms with Crippen LogP contribution >= 0.6 is 11.3 Å². The van der Waals surface area contributed by atoms with Gasteiger partial charge in [0, 0.05) is 10.9 Å². The predicted octanol–water partition coefficient (Wildman–Crippen LogP) is 3.83. The summed E-state index contributed by atoms with van der Waals surface area (Å²) in [6, 6.07) is 16.0.